The zero-order valence-corrected chi connectivity index (χ0v) is 14.6. The molecule has 0 unspecified atom stereocenters. The number of nitrogens with one attached hydrogen (secondary N) is 2. The van der Waals surface area contributed by atoms with Crippen molar-refractivity contribution < 1.29 is 14.3 Å². The zero-order chi connectivity index (χ0) is 18.8. The van der Waals surface area contributed by atoms with Crippen molar-refractivity contribution in [2.24, 2.45) is 0 Å². The second-order valence-corrected chi connectivity index (χ2v) is 6.75. The molecule has 0 radical (unpaired) electrons. The normalized spacial score (nSPS) is 12.6. The summed E-state index contributed by atoms with van der Waals surface area (Å²) >= 11 is 0. The van der Waals surface area contributed by atoms with Gasteiger partial charge in [-0.15, -0.1) is 0 Å². The van der Waals surface area contributed by atoms with Crippen LogP contribution < -0.4 is 16.4 Å². The monoisotopic (exact) mass is 347 g/mol. The maximum atomic E-state index is 12.3. The molecule has 1 amide bonds. The number of fused-ring (bicyclic) bond motifs is 1. The Bertz CT molecular complexity index is 920. The Morgan fingerprint density at radius 3 is 2.40 bits per heavy atom. The van der Waals surface area contributed by atoms with E-state index in [4.69, 9.17) is 4.74 Å². The molecular weight excluding hydrogens is 326 g/mol. The van der Waals surface area contributed by atoms with Crippen molar-refractivity contribution in [3.05, 3.63) is 45.0 Å². The number of ether oxygens (including phenoxy) is 1. The number of amides is 1. The Morgan fingerprint density at radius 1 is 1.20 bits per heavy atom. The van der Waals surface area contributed by atoms with Crippen LogP contribution in [0.2, 0.25) is 0 Å². The number of esters is 1. The lowest BCUT2D eigenvalue weighted by atomic mass is 10.1. The first kappa shape index (κ1) is 18.4. The van der Waals surface area contributed by atoms with Gasteiger partial charge in [0.15, 0.2) is 6.10 Å². The Hall–Kier alpha value is -2.90. The third-order valence-corrected chi connectivity index (χ3v) is 3.35. The molecular formula is C17H21N3O5. The molecule has 2 rings (SSSR count). The van der Waals surface area contributed by atoms with Crippen LogP contribution in [0.1, 0.15) is 27.7 Å². The minimum Gasteiger partial charge on any atom is -0.451 e. The minimum absolute atomic E-state index is 0.206. The molecule has 134 valence electrons. The van der Waals surface area contributed by atoms with Crippen LogP contribution in [-0.4, -0.2) is 33.3 Å². The highest BCUT2D eigenvalue weighted by Gasteiger charge is 2.22. The van der Waals surface area contributed by atoms with Gasteiger partial charge in [0, 0.05) is 5.54 Å². The molecule has 0 aliphatic heterocycles. The average Bonchev–Trinajstić information content (AvgIpc) is 2.50. The molecule has 1 aromatic carbocycles. The van der Waals surface area contributed by atoms with Crippen LogP contribution in [0, 0.1) is 0 Å². The van der Waals surface area contributed by atoms with Crippen LogP contribution >= 0.6 is 0 Å². The number of hydrogen-bond acceptors (Lipinski definition) is 5. The van der Waals surface area contributed by atoms with Crippen LogP contribution in [0.25, 0.3) is 10.8 Å². The Labute approximate surface area is 143 Å². The van der Waals surface area contributed by atoms with E-state index in [2.05, 4.69) is 10.4 Å². The standard InChI is InChI=1S/C17H21N3O5/c1-10(14(22)18-17(2,3)4)25-13(21)9-20-16(24)12-8-6-5-7-11(12)15(23)19-20/h5-8,10H,9H2,1-4H3,(H,18,22)(H,19,23)/t10-/m0/s1. The first-order valence-electron chi connectivity index (χ1n) is 7.82. The fourth-order valence-electron chi connectivity index (χ4n) is 2.25. The molecule has 1 heterocycles. The topological polar surface area (TPSA) is 110 Å². The van der Waals surface area contributed by atoms with Crippen LogP contribution in [0.3, 0.4) is 0 Å². The largest absolute Gasteiger partial charge is 0.451 e. The van der Waals surface area contributed by atoms with Crippen molar-refractivity contribution in [3.8, 4) is 0 Å². The first-order chi connectivity index (χ1) is 11.6. The lowest BCUT2D eigenvalue weighted by Gasteiger charge is -2.23. The van der Waals surface area contributed by atoms with Crippen molar-refractivity contribution in [1.82, 2.24) is 15.1 Å². The van der Waals surface area contributed by atoms with Crippen molar-refractivity contribution >= 4 is 22.6 Å². The quantitative estimate of drug-likeness (QED) is 0.784. The van der Waals surface area contributed by atoms with E-state index in [9.17, 15) is 19.2 Å². The number of aromatic nitrogens is 2. The highest BCUT2D eigenvalue weighted by atomic mass is 16.5. The third-order valence-electron chi connectivity index (χ3n) is 3.35. The van der Waals surface area contributed by atoms with Gasteiger partial charge < -0.3 is 10.1 Å². The van der Waals surface area contributed by atoms with Crippen molar-refractivity contribution in [3.63, 3.8) is 0 Å². The van der Waals surface area contributed by atoms with Gasteiger partial charge in [-0.2, -0.15) is 0 Å². The van der Waals surface area contributed by atoms with E-state index < -0.39 is 41.2 Å². The van der Waals surface area contributed by atoms with Gasteiger partial charge in [0.1, 0.15) is 6.54 Å². The maximum Gasteiger partial charge on any atom is 0.328 e. The number of H-pyrrole nitrogens is 1. The predicted octanol–water partition coefficient (Wildman–Crippen LogP) is 0.536. The average molecular weight is 347 g/mol. The van der Waals surface area contributed by atoms with Crippen LogP contribution in [0.5, 0.6) is 0 Å². The second-order valence-electron chi connectivity index (χ2n) is 6.75. The van der Waals surface area contributed by atoms with E-state index in [1.165, 1.54) is 19.1 Å². The maximum absolute atomic E-state index is 12.3. The number of aromatic amines is 1. The summed E-state index contributed by atoms with van der Waals surface area (Å²) in [4.78, 5) is 48.3. The summed E-state index contributed by atoms with van der Waals surface area (Å²) in [5.74, 6) is -1.25. The smallest absolute Gasteiger partial charge is 0.328 e. The van der Waals surface area contributed by atoms with E-state index in [0.717, 1.165) is 4.68 Å². The number of nitrogens with zero attached hydrogens (tertiary/aromatic N) is 1. The summed E-state index contributed by atoms with van der Waals surface area (Å²) in [6, 6.07) is 6.31. The molecule has 2 aromatic rings. The van der Waals surface area contributed by atoms with E-state index >= 15 is 0 Å². The van der Waals surface area contributed by atoms with Gasteiger partial charge in [0.05, 0.1) is 10.8 Å². The van der Waals surface area contributed by atoms with Crippen molar-refractivity contribution in [2.45, 2.75) is 45.9 Å². The number of rotatable bonds is 4. The van der Waals surface area contributed by atoms with Gasteiger partial charge in [-0.25, -0.2) is 4.68 Å². The van der Waals surface area contributed by atoms with Crippen LogP contribution in [0.15, 0.2) is 33.9 Å². The molecule has 0 fully saturated rings. The zero-order valence-electron chi connectivity index (χ0n) is 14.6. The predicted molar refractivity (Wildman–Crippen MR) is 92.3 cm³/mol. The fourth-order valence-corrected chi connectivity index (χ4v) is 2.25. The number of carbonyl (C=O) groups excluding carboxylic acids is 2. The van der Waals surface area contributed by atoms with Gasteiger partial charge in [0.2, 0.25) is 0 Å². The Balaban J connectivity index is 2.15. The van der Waals surface area contributed by atoms with Crippen LogP contribution in [0.4, 0.5) is 0 Å². The second kappa shape index (κ2) is 6.92. The molecule has 1 atom stereocenters. The summed E-state index contributed by atoms with van der Waals surface area (Å²) in [6.45, 7) is 6.35. The summed E-state index contributed by atoms with van der Waals surface area (Å²) in [5, 5.41) is 5.48. The molecule has 0 aliphatic carbocycles. The molecule has 8 heteroatoms. The lowest BCUT2D eigenvalue weighted by Crippen LogP contribution is -2.46. The SMILES string of the molecule is C[C@H](OC(=O)Cn1[nH]c(=O)c2ccccc2c1=O)C(=O)NC(C)(C)C. The first-order valence-corrected chi connectivity index (χ1v) is 7.82. The number of hydrogen-bond donors (Lipinski definition) is 2. The van der Waals surface area contributed by atoms with Crippen molar-refractivity contribution in [2.75, 3.05) is 0 Å². The number of carbonyl (C=O) groups is 2. The van der Waals surface area contributed by atoms with Gasteiger partial charge in [-0.05, 0) is 39.8 Å². The Morgan fingerprint density at radius 2 is 1.80 bits per heavy atom. The van der Waals surface area contributed by atoms with E-state index in [-0.39, 0.29) is 10.8 Å². The number of benzene rings is 1. The molecule has 0 saturated heterocycles. The summed E-state index contributed by atoms with van der Waals surface area (Å²) in [7, 11) is 0. The van der Waals surface area contributed by atoms with Gasteiger partial charge in [-0.1, -0.05) is 12.1 Å². The molecule has 1 aromatic heterocycles. The van der Waals surface area contributed by atoms with Gasteiger partial charge >= 0.3 is 5.97 Å². The molecule has 0 bridgehead atoms. The molecule has 25 heavy (non-hydrogen) atoms. The summed E-state index contributed by atoms with van der Waals surface area (Å²) in [5.41, 5.74) is -1.46. The molecule has 0 saturated carbocycles. The Kier molecular flexibility index (Phi) is 5.10. The highest BCUT2D eigenvalue weighted by Crippen LogP contribution is 2.04. The summed E-state index contributed by atoms with van der Waals surface area (Å²) in [6.07, 6.45) is -1.02. The molecule has 8 nitrogen and oxygen atoms in total. The molecule has 2 N–H and O–H groups in total. The van der Waals surface area contributed by atoms with Gasteiger partial charge in [-0.3, -0.25) is 24.3 Å². The minimum atomic E-state index is -1.02. The fraction of sp³-hybridized carbons (Fsp3) is 0.412. The molecule has 0 spiro atoms. The molecule has 0 aliphatic rings. The van der Waals surface area contributed by atoms with Gasteiger partial charge in [0.25, 0.3) is 17.0 Å². The van der Waals surface area contributed by atoms with Crippen molar-refractivity contribution in [1.29, 1.82) is 0 Å². The van der Waals surface area contributed by atoms with E-state index in [1.54, 1.807) is 32.9 Å². The van der Waals surface area contributed by atoms with Crippen LogP contribution in [-0.2, 0) is 20.9 Å². The summed E-state index contributed by atoms with van der Waals surface area (Å²) < 4.78 is 5.91. The van der Waals surface area contributed by atoms with E-state index in [1.807, 2.05) is 0 Å². The third kappa shape index (κ3) is 4.56. The lowest BCUT2D eigenvalue weighted by molar-refractivity contribution is -0.156. The highest BCUT2D eigenvalue weighted by molar-refractivity contribution is 5.84. The van der Waals surface area contributed by atoms with E-state index in [0.29, 0.717) is 0 Å².